The van der Waals surface area contributed by atoms with Crippen molar-refractivity contribution in [3.8, 4) is 0 Å². The minimum Gasteiger partial charge on any atom is -0.0654 e. The molecule has 0 saturated heterocycles. The molecule has 0 N–H and O–H groups in total. The second-order valence-electron chi connectivity index (χ2n) is 7.81. The molecule has 1 rings (SSSR count). The smallest absolute Gasteiger partial charge is 0.0159 e. The molecule has 0 saturated carbocycles. The fourth-order valence-electron chi connectivity index (χ4n) is 4.09. The number of rotatable bonds is 13. The molecule has 3 unspecified atom stereocenters. The molecule has 0 heterocycles. The Kier molecular flexibility index (Phi) is 11.1. The second-order valence-corrected chi connectivity index (χ2v) is 7.81. The maximum Gasteiger partial charge on any atom is -0.0159 e. The SMILES string of the molecule is CCCCCC(CC)C(C)CC(CCCC)c1ccc(CC)cc1. The lowest BCUT2D eigenvalue weighted by Crippen LogP contribution is -2.15. The van der Waals surface area contributed by atoms with E-state index in [-0.39, 0.29) is 0 Å². The van der Waals surface area contributed by atoms with Crippen molar-refractivity contribution in [3.63, 3.8) is 0 Å². The first-order valence-electron chi connectivity index (χ1n) is 10.7. The van der Waals surface area contributed by atoms with Crippen molar-refractivity contribution in [1.29, 1.82) is 0 Å². The Balaban J connectivity index is 2.71. The van der Waals surface area contributed by atoms with Crippen molar-refractivity contribution in [3.05, 3.63) is 35.4 Å². The van der Waals surface area contributed by atoms with Gasteiger partial charge in [0, 0.05) is 0 Å². The van der Waals surface area contributed by atoms with Crippen molar-refractivity contribution in [2.75, 3.05) is 0 Å². The van der Waals surface area contributed by atoms with E-state index >= 15 is 0 Å². The second kappa shape index (κ2) is 12.6. The summed E-state index contributed by atoms with van der Waals surface area (Å²) in [6.07, 6.45) is 13.5. The zero-order chi connectivity index (χ0) is 17.8. The molecule has 1 aromatic carbocycles. The normalized spacial score (nSPS) is 15.2. The van der Waals surface area contributed by atoms with Crippen LogP contribution >= 0.6 is 0 Å². The van der Waals surface area contributed by atoms with Crippen LogP contribution in [0.2, 0.25) is 0 Å². The van der Waals surface area contributed by atoms with Crippen LogP contribution in [-0.2, 0) is 6.42 Å². The molecule has 0 aliphatic heterocycles. The molecular formula is C24H42. The number of benzene rings is 1. The fraction of sp³-hybridized carbons (Fsp3) is 0.750. The Morgan fingerprint density at radius 2 is 1.46 bits per heavy atom. The molecule has 0 fully saturated rings. The Labute approximate surface area is 152 Å². The van der Waals surface area contributed by atoms with Gasteiger partial charge in [-0.3, -0.25) is 0 Å². The Hall–Kier alpha value is -0.780. The van der Waals surface area contributed by atoms with Crippen molar-refractivity contribution in [1.82, 2.24) is 0 Å². The molecule has 138 valence electrons. The van der Waals surface area contributed by atoms with Crippen molar-refractivity contribution in [2.24, 2.45) is 11.8 Å². The van der Waals surface area contributed by atoms with Gasteiger partial charge in [0.15, 0.2) is 0 Å². The van der Waals surface area contributed by atoms with Gasteiger partial charge in [-0.15, -0.1) is 0 Å². The van der Waals surface area contributed by atoms with Gasteiger partial charge >= 0.3 is 0 Å². The van der Waals surface area contributed by atoms with E-state index in [1.807, 2.05) is 0 Å². The summed E-state index contributed by atoms with van der Waals surface area (Å²) in [4.78, 5) is 0. The number of hydrogen-bond acceptors (Lipinski definition) is 0. The van der Waals surface area contributed by atoms with Gasteiger partial charge in [0.25, 0.3) is 0 Å². The lowest BCUT2D eigenvalue weighted by atomic mass is 9.78. The first kappa shape index (κ1) is 21.3. The zero-order valence-electron chi connectivity index (χ0n) is 17.1. The minimum atomic E-state index is 0.756. The topological polar surface area (TPSA) is 0 Å². The molecule has 0 heteroatoms. The molecular weight excluding hydrogens is 288 g/mol. The highest BCUT2D eigenvalue weighted by Gasteiger charge is 2.21. The first-order chi connectivity index (χ1) is 11.7. The third-order valence-electron chi connectivity index (χ3n) is 5.93. The number of aryl methyl sites for hydroxylation is 1. The van der Waals surface area contributed by atoms with Crippen LogP contribution in [0.3, 0.4) is 0 Å². The van der Waals surface area contributed by atoms with Gasteiger partial charge in [-0.25, -0.2) is 0 Å². The maximum absolute atomic E-state index is 2.51. The van der Waals surface area contributed by atoms with E-state index in [0.717, 1.165) is 24.2 Å². The Bertz CT molecular complexity index is 403. The molecule has 0 bridgehead atoms. The Morgan fingerprint density at radius 3 is 2.00 bits per heavy atom. The van der Waals surface area contributed by atoms with Gasteiger partial charge in [-0.05, 0) is 48.1 Å². The van der Waals surface area contributed by atoms with Gasteiger partial charge in [-0.2, -0.15) is 0 Å². The lowest BCUT2D eigenvalue weighted by Gasteiger charge is -2.28. The predicted octanol–water partition coefficient (Wildman–Crippen LogP) is 8.16. The van der Waals surface area contributed by atoms with Gasteiger partial charge in [0.2, 0.25) is 0 Å². The highest BCUT2D eigenvalue weighted by Crippen LogP contribution is 2.34. The van der Waals surface area contributed by atoms with E-state index in [0.29, 0.717) is 0 Å². The highest BCUT2D eigenvalue weighted by molar-refractivity contribution is 5.25. The predicted molar refractivity (Wildman–Crippen MR) is 110 cm³/mol. The van der Waals surface area contributed by atoms with Crippen molar-refractivity contribution < 1.29 is 0 Å². The van der Waals surface area contributed by atoms with Crippen LogP contribution in [0.15, 0.2) is 24.3 Å². The largest absolute Gasteiger partial charge is 0.0654 e. The van der Waals surface area contributed by atoms with E-state index < -0.39 is 0 Å². The summed E-state index contributed by atoms with van der Waals surface area (Å²) in [5, 5.41) is 0. The van der Waals surface area contributed by atoms with Crippen molar-refractivity contribution in [2.45, 2.75) is 105 Å². The Morgan fingerprint density at radius 1 is 0.792 bits per heavy atom. The van der Waals surface area contributed by atoms with E-state index in [4.69, 9.17) is 0 Å². The van der Waals surface area contributed by atoms with Crippen LogP contribution in [0.25, 0.3) is 0 Å². The van der Waals surface area contributed by atoms with Crippen LogP contribution in [-0.4, -0.2) is 0 Å². The van der Waals surface area contributed by atoms with Crippen LogP contribution in [0.5, 0.6) is 0 Å². The van der Waals surface area contributed by atoms with E-state index in [2.05, 4.69) is 58.9 Å². The molecule has 1 aromatic rings. The summed E-state index contributed by atoms with van der Waals surface area (Å²) >= 11 is 0. The van der Waals surface area contributed by atoms with Gasteiger partial charge in [0.05, 0.1) is 0 Å². The lowest BCUT2D eigenvalue weighted by molar-refractivity contribution is 0.278. The first-order valence-corrected chi connectivity index (χ1v) is 10.7. The molecule has 0 amide bonds. The van der Waals surface area contributed by atoms with Gasteiger partial charge in [0.1, 0.15) is 0 Å². The van der Waals surface area contributed by atoms with Crippen LogP contribution in [0.1, 0.15) is 109 Å². The molecule has 0 radical (unpaired) electrons. The van der Waals surface area contributed by atoms with Crippen LogP contribution in [0, 0.1) is 11.8 Å². The summed E-state index contributed by atoms with van der Waals surface area (Å²) in [7, 11) is 0. The third kappa shape index (κ3) is 7.41. The minimum absolute atomic E-state index is 0.756. The summed E-state index contributed by atoms with van der Waals surface area (Å²) in [5.41, 5.74) is 3.04. The van der Waals surface area contributed by atoms with Crippen LogP contribution < -0.4 is 0 Å². The van der Waals surface area contributed by atoms with Gasteiger partial charge in [-0.1, -0.05) is 104 Å². The van der Waals surface area contributed by atoms with E-state index in [1.165, 1.54) is 63.4 Å². The average Bonchev–Trinajstić information content (AvgIpc) is 2.62. The standard InChI is InChI=1S/C24H42/c1-6-10-12-14-22(9-4)20(5)19-24(13-11-7-2)23-17-15-21(8-3)16-18-23/h15-18,20,22,24H,6-14,19H2,1-5H3. The zero-order valence-corrected chi connectivity index (χ0v) is 17.1. The third-order valence-corrected chi connectivity index (χ3v) is 5.93. The van der Waals surface area contributed by atoms with Gasteiger partial charge < -0.3 is 0 Å². The number of hydrogen-bond donors (Lipinski definition) is 0. The maximum atomic E-state index is 2.51. The van der Waals surface area contributed by atoms with E-state index in [9.17, 15) is 0 Å². The molecule has 0 aliphatic rings. The van der Waals surface area contributed by atoms with E-state index in [1.54, 1.807) is 5.56 Å². The molecule has 0 nitrogen and oxygen atoms in total. The van der Waals surface area contributed by atoms with Crippen LogP contribution in [0.4, 0.5) is 0 Å². The molecule has 24 heavy (non-hydrogen) atoms. The quantitative estimate of drug-likeness (QED) is 0.320. The molecule has 0 spiro atoms. The highest BCUT2D eigenvalue weighted by atomic mass is 14.3. The fourth-order valence-corrected chi connectivity index (χ4v) is 4.09. The average molecular weight is 331 g/mol. The summed E-state index contributed by atoms with van der Waals surface area (Å²) in [6.45, 7) is 11.8. The summed E-state index contributed by atoms with van der Waals surface area (Å²) in [6, 6.07) is 9.50. The molecule has 0 aliphatic carbocycles. The summed E-state index contributed by atoms with van der Waals surface area (Å²) < 4.78 is 0. The molecule has 0 aromatic heterocycles. The summed E-state index contributed by atoms with van der Waals surface area (Å²) in [5.74, 6) is 2.52. The molecule has 3 atom stereocenters. The monoisotopic (exact) mass is 330 g/mol. The van der Waals surface area contributed by atoms with Crippen molar-refractivity contribution >= 4 is 0 Å². The number of unbranched alkanes of at least 4 members (excludes halogenated alkanes) is 3.